The number of amides is 1. The predicted molar refractivity (Wildman–Crippen MR) is 70.3 cm³/mol. The average Bonchev–Trinajstić information content (AvgIpc) is 2.28. The third-order valence-corrected chi connectivity index (χ3v) is 3.65. The molecule has 0 heterocycles. The van der Waals surface area contributed by atoms with Crippen molar-refractivity contribution in [2.24, 2.45) is 5.92 Å². The van der Waals surface area contributed by atoms with Crippen molar-refractivity contribution in [2.45, 2.75) is 71.4 Å². The van der Waals surface area contributed by atoms with E-state index in [0.717, 1.165) is 25.7 Å². The van der Waals surface area contributed by atoms with Crippen LogP contribution in [0.2, 0.25) is 0 Å². The largest absolute Gasteiger partial charge is 0.480 e. The number of carboxylic acid groups (broad SMARTS) is 1. The van der Waals surface area contributed by atoms with Crippen LogP contribution in [0.3, 0.4) is 0 Å². The highest BCUT2D eigenvalue weighted by Crippen LogP contribution is 2.26. The van der Waals surface area contributed by atoms with Gasteiger partial charge < -0.3 is 10.0 Å². The monoisotopic (exact) mass is 255 g/mol. The minimum atomic E-state index is -0.871. The van der Waals surface area contributed by atoms with E-state index in [-0.39, 0.29) is 17.9 Å². The molecule has 1 saturated carbocycles. The molecule has 1 atom stereocenters. The van der Waals surface area contributed by atoms with E-state index in [2.05, 4.69) is 0 Å². The van der Waals surface area contributed by atoms with Crippen molar-refractivity contribution in [1.82, 2.24) is 4.90 Å². The maximum absolute atomic E-state index is 11.8. The number of nitrogens with zero attached hydrogens (tertiary/aromatic N) is 1. The maximum atomic E-state index is 11.8. The lowest BCUT2D eigenvalue weighted by molar-refractivity contribution is -0.153. The van der Waals surface area contributed by atoms with Crippen molar-refractivity contribution in [3.63, 3.8) is 0 Å². The summed E-state index contributed by atoms with van der Waals surface area (Å²) < 4.78 is 0. The second kappa shape index (κ2) is 6.76. The van der Waals surface area contributed by atoms with Crippen molar-refractivity contribution in [2.75, 3.05) is 0 Å². The molecule has 0 aromatic carbocycles. The van der Waals surface area contributed by atoms with E-state index in [9.17, 15) is 14.7 Å². The van der Waals surface area contributed by atoms with Crippen LogP contribution in [-0.4, -0.2) is 34.0 Å². The molecule has 0 bridgehead atoms. The van der Waals surface area contributed by atoms with Gasteiger partial charge in [-0.05, 0) is 25.2 Å². The van der Waals surface area contributed by atoms with Crippen LogP contribution >= 0.6 is 0 Å². The van der Waals surface area contributed by atoms with Gasteiger partial charge in [-0.1, -0.05) is 33.1 Å². The summed E-state index contributed by atoms with van der Waals surface area (Å²) in [7, 11) is 0. The van der Waals surface area contributed by atoms with Gasteiger partial charge in [0.1, 0.15) is 6.04 Å². The van der Waals surface area contributed by atoms with Gasteiger partial charge in [0.05, 0.1) is 0 Å². The van der Waals surface area contributed by atoms with Crippen molar-refractivity contribution in [3.8, 4) is 0 Å². The van der Waals surface area contributed by atoms with Crippen molar-refractivity contribution >= 4 is 11.9 Å². The Morgan fingerprint density at radius 3 is 2.17 bits per heavy atom. The molecule has 1 N–H and O–H groups in total. The molecule has 18 heavy (non-hydrogen) atoms. The van der Waals surface area contributed by atoms with E-state index in [0.29, 0.717) is 6.42 Å². The molecule has 4 nitrogen and oxygen atoms in total. The van der Waals surface area contributed by atoms with Gasteiger partial charge in [-0.15, -0.1) is 0 Å². The number of aliphatic carboxylic acids is 1. The maximum Gasteiger partial charge on any atom is 0.326 e. The van der Waals surface area contributed by atoms with Crippen LogP contribution in [0.1, 0.15) is 59.3 Å². The van der Waals surface area contributed by atoms with E-state index < -0.39 is 12.0 Å². The molecule has 0 unspecified atom stereocenters. The third-order valence-electron chi connectivity index (χ3n) is 3.65. The van der Waals surface area contributed by atoms with Crippen molar-refractivity contribution < 1.29 is 14.7 Å². The zero-order chi connectivity index (χ0) is 13.7. The van der Waals surface area contributed by atoms with E-state index in [1.807, 2.05) is 13.8 Å². The molecule has 1 fully saturated rings. The molecule has 1 amide bonds. The molecule has 4 heteroatoms. The summed E-state index contributed by atoms with van der Waals surface area (Å²) in [4.78, 5) is 24.9. The van der Waals surface area contributed by atoms with Gasteiger partial charge in [0, 0.05) is 13.0 Å². The fourth-order valence-electron chi connectivity index (χ4n) is 2.87. The lowest BCUT2D eigenvalue weighted by Gasteiger charge is -2.38. The molecule has 104 valence electrons. The van der Waals surface area contributed by atoms with Crippen LogP contribution in [0.25, 0.3) is 0 Å². The average molecular weight is 255 g/mol. The van der Waals surface area contributed by atoms with Crippen LogP contribution in [0, 0.1) is 5.92 Å². The number of carboxylic acids is 1. The Morgan fingerprint density at radius 1 is 1.22 bits per heavy atom. The van der Waals surface area contributed by atoms with Gasteiger partial charge >= 0.3 is 5.97 Å². The number of hydrogen-bond donors (Lipinski definition) is 1. The SMILES string of the molecule is CC(=O)N(C1CCCCC1)[C@@H](CC(C)C)C(=O)O. The van der Waals surface area contributed by atoms with Gasteiger partial charge in [0.2, 0.25) is 5.91 Å². The number of carbonyl (C=O) groups excluding carboxylic acids is 1. The zero-order valence-electron chi connectivity index (χ0n) is 11.7. The van der Waals surface area contributed by atoms with Gasteiger partial charge in [-0.25, -0.2) is 4.79 Å². The van der Waals surface area contributed by atoms with Crippen LogP contribution in [-0.2, 0) is 9.59 Å². The zero-order valence-corrected chi connectivity index (χ0v) is 11.7. The Morgan fingerprint density at radius 2 is 1.78 bits per heavy atom. The Kier molecular flexibility index (Phi) is 5.63. The van der Waals surface area contributed by atoms with Gasteiger partial charge in [-0.2, -0.15) is 0 Å². The van der Waals surface area contributed by atoms with Crippen molar-refractivity contribution in [1.29, 1.82) is 0 Å². The molecule has 0 aromatic heterocycles. The first-order chi connectivity index (χ1) is 8.43. The Hall–Kier alpha value is -1.06. The molecule has 0 aliphatic heterocycles. The van der Waals surface area contributed by atoms with E-state index >= 15 is 0 Å². The molecule has 0 aromatic rings. The van der Waals surface area contributed by atoms with Crippen LogP contribution in [0.5, 0.6) is 0 Å². The highest BCUT2D eigenvalue weighted by Gasteiger charge is 2.34. The standard InChI is InChI=1S/C14H25NO3/c1-10(2)9-13(14(17)18)15(11(3)16)12-7-5-4-6-8-12/h10,12-13H,4-9H2,1-3H3,(H,17,18)/t13-/m0/s1. The quantitative estimate of drug-likeness (QED) is 0.821. The van der Waals surface area contributed by atoms with E-state index in [4.69, 9.17) is 0 Å². The molecule has 1 aliphatic rings. The van der Waals surface area contributed by atoms with E-state index in [1.54, 1.807) is 4.90 Å². The number of hydrogen-bond acceptors (Lipinski definition) is 2. The van der Waals surface area contributed by atoms with Gasteiger partial charge in [0.25, 0.3) is 0 Å². The Balaban J connectivity index is 2.85. The number of carbonyl (C=O) groups is 2. The highest BCUT2D eigenvalue weighted by atomic mass is 16.4. The first kappa shape index (κ1) is 15.0. The molecule has 1 rings (SSSR count). The normalized spacial score (nSPS) is 18.7. The molecular formula is C14H25NO3. The summed E-state index contributed by atoms with van der Waals surface area (Å²) in [6, 6.07) is -0.540. The van der Waals surface area contributed by atoms with Gasteiger partial charge in [-0.3, -0.25) is 4.79 Å². The topological polar surface area (TPSA) is 57.6 Å². The smallest absolute Gasteiger partial charge is 0.326 e. The van der Waals surface area contributed by atoms with Crippen LogP contribution < -0.4 is 0 Å². The Labute approximate surface area is 109 Å². The predicted octanol–water partition coefficient (Wildman–Crippen LogP) is 2.67. The molecular weight excluding hydrogens is 230 g/mol. The fraction of sp³-hybridized carbons (Fsp3) is 0.857. The van der Waals surface area contributed by atoms with E-state index in [1.165, 1.54) is 13.3 Å². The van der Waals surface area contributed by atoms with Crippen LogP contribution in [0.4, 0.5) is 0 Å². The molecule has 1 aliphatic carbocycles. The van der Waals surface area contributed by atoms with Crippen molar-refractivity contribution in [3.05, 3.63) is 0 Å². The molecule has 0 radical (unpaired) electrons. The lowest BCUT2D eigenvalue weighted by atomic mass is 9.91. The molecule has 0 spiro atoms. The summed E-state index contributed by atoms with van der Waals surface area (Å²) >= 11 is 0. The Bertz CT molecular complexity index is 295. The fourth-order valence-corrected chi connectivity index (χ4v) is 2.87. The summed E-state index contributed by atoms with van der Waals surface area (Å²) in [5.41, 5.74) is 0. The van der Waals surface area contributed by atoms with Crippen LogP contribution in [0.15, 0.2) is 0 Å². The third kappa shape index (κ3) is 4.00. The minimum absolute atomic E-state index is 0.102. The highest BCUT2D eigenvalue weighted by molar-refractivity contribution is 5.82. The summed E-state index contributed by atoms with van der Waals surface area (Å²) in [6.07, 6.45) is 5.82. The summed E-state index contributed by atoms with van der Waals surface area (Å²) in [6.45, 7) is 5.48. The minimum Gasteiger partial charge on any atom is -0.480 e. The second-order valence-electron chi connectivity index (χ2n) is 5.70. The first-order valence-corrected chi connectivity index (χ1v) is 6.95. The summed E-state index contributed by atoms with van der Waals surface area (Å²) in [5.74, 6) is -0.698. The second-order valence-corrected chi connectivity index (χ2v) is 5.70. The van der Waals surface area contributed by atoms with Gasteiger partial charge in [0.15, 0.2) is 0 Å². The summed E-state index contributed by atoms with van der Waals surface area (Å²) in [5, 5.41) is 9.38. The first-order valence-electron chi connectivity index (χ1n) is 6.95. The lowest BCUT2D eigenvalue weighted by Crippen LogP contribution is -2.51. The number of rotatable bonds is 5. The molecule has 0 saturated heterocycles.